The minimum absolute atomic E-state index is 0.0709. The van der Waals surface area contributed by atoms with Crippen molar-refractivity contribution in [2.75, 3.05) is 13.7 Å². The molecule has 0 bridgehead atoms. The van der Waals surface area contributed by atoms with Gasteiger partial charge in [-0.2, -0.15) is 0 Å². The molecule has 1 aliphatic heterocycles. The summed E-state index contributed by atoms with van der Waals surface area (Å²) in [6, 6.07) is 6.55. The van der Waals surface area contributed by atoms with E-state index in [0.717, 1.165) is 29.5 Å². The summed E-state index contributed by atoms with van der Waals surface area (Å²) in [4.78, 5) is 15.8. The highest BCUT2D eigenvalue weighted by atomic mass is 32.1. The monoisotopic (exact) mass is 347 g/mol. The van der Waals surface area contributed by atoms with E-state index in [1.165, 1.54) is 17.0 Å². The third-order valence-corrected chi connectivity index (χ3v) is 5.90. The van der Waals surface area contributed by atoms with Crippen molar-refractivity contribution < 1.29 is 13.9 Å². The average molecular weight is 347 g/mol. The van der Waals surface area contributed by atoms with Crippen LogP contribution in [0.25, 0.3) is 0 Å². The van der Waals surface area contributed by atoms with Gasteiger partial charge in [0.15, 0.2) is 0 Å². The third kappa shape index (κ3) is 3.37. The summed E-state index contributed by atoms with van der Waals surface area (Å²) >= 11 is 1.61. The van der Waals surface area contributed by atoms with Gasteiger partial charge in [-0.1, -0.05) is 12.1 Å². The Balaban J connectivity index is 1.73. The summed E-state index contributed by atoms with van der Waals surface area (Å²) in [6.07, 6.45) is 1.46. The van der Waals surface area contributed by atoms with Crippen LogP contribution in [0.1, 0.15) is 45.3 Å². The summed E-state index contributed by atoms with van der Waals surface area (Å²) in [7, 11) is 1.87. The van der Waals surface area contributed by atoms with Crippen molar-refractivity contribution >= 4 is 17.2 Å². The topological polar surface area (TPSA) is 29.5 Å². The molecule has 1 aliphatic rings. The Morgan fingerprint density at radius 3 is 2.62 bits per heavy atom. The first-order valence-electron chi connectivity index (χ1n) is 8.16. The van der Waals surface area contributed by atoms with Gasteiger partial charge in [0.05, 0.1) is 11.7 Å². The molecule has 3 rings (SSSR count). The highest BCUT2D eigenvalue weighted by molar-refractivity contribution is 7.10. The molecule has 128 valence electrons. The maximum absolute atomic E-state index is 13.1. The summed E-state index contributed by atoms with van der Waals surface area (Å²) in [6.45, 7) is 4.64. The van der Waals surface area contributed by atoms with Gasteiger partial charge in [0.2, 0.25) is 0 Å². The molecular weight excluding hydrogens is 325 g/mol. The molecule has 0 spiro atoms. The number of halogens is 1. The molecule has 5 heteroatoms. The largest absolute Gasteiger partial charge is 0.373 e. The Labute approximate surface area is 146 Å². The fraction of sp³-hybridized carbons (Fsp3) is 0.421. The molecule has 1 saturated heterocycles. The van der Waals surface area contributed by atoms with Crippen molar-refractivity contribution in [2.45, 2.75) is 38.8 Å². The normalized spacial score (nSPS) is 20.8. The van der Waals surface area contributed by atoms with E-state index in [1.54, 1.807) is 23.5 Å². The van der Waals surface area contributed by atoms with Gasteiger partial charge in [0.25, 0.3) is 5.91 Å². The quantitative estimate of drug-likeness (QED) is 0.818. The molecule has 2 heterocycles. The van der Waals surface area contributed by atoms with Crippen LogP contribution in [-0.4, -0.2) is 30.5 Å². The molecule has 1 fully saturated rings. The molecular formula is C19H22FNO2S. The van der Waals surface area contributed by atoms with Crippen molar-refractivity contribution in [3.63, 3.8) is 0 Å². The van der Waals surface area contributed by atoms with E-state index in [2.05, 4.69) is 0 Å². The van der Waals surface area contributed by atoms with Crippen LogP contribution in [0.2, 0.25) is 0 Å². The third-order valence-electron chi connectivity index (χ3n) is 4.88. The second kappa shape index (κ2) is 7.03. The minimum atomic E-state index is -0.248. The number of benzene rings is 1. The van der Waals surface area contributed by atoms with E-state index >= 15 is 0 Å². The fourth-order valence-electron chi connectivity index (χ4n) is 3.12. The predicted octanol–water partition coefficient (Wildman–Crippen LogP) is 4.50. The fourth-order valence-corrected chi connectivity index (χ4v) is 3.98. The zero-order valence-corrected chi connectivity index (χ0v) is 15.0. The number of hydrogen-bond acceptors (Lipinski definition) is 3. The second-order valence-electron chi connectivity index (χ2n) is 6.34. The lowest BCUT2D eigenvalue weighted by molar-refractivity contribution is -0.0197. The average Bonchev–Trinajstić information content (AvgIpc) is 2.93. The highest BCUT2D eigenvalue weighted by Crippen LogP contribution is 2.31. The van der Waals surface area contributed by atoms with Gasteiger partial charge in [-0.25, -0.2) is 4.39 Å². The standard InChI is InChI=1S/C19H22FNO2S/c1-12-13(2)24-11-17(12)19(22)21(3)16-8-9-23-18(10-16)14-4-6-15(20)7-5-14/h4-7,11,16,18H,8-10H2,1-3H3. The number of thiophene rings is 1. The zero-order chi connectivity index (χ0) is 17.3. The van der Waals surface area contributed by atoms with E-state index in [0.29, 0.717) is 6.61 Å². The Kier molecular flexibility index (Phi) is 5.01. The molecule has 2 unspecified atom stereocenters. The van der Waals surface area contributed by atoms with Crippen LogP contribution in [0.5, 0.6) is 0 Å². The Morgan fingerprint density at radius 2 is 2.00 bits per heavy atom. The molecule has 3 nitrogen and oxygen atoms in total. The Hall–Kier alpha value is -1.72. The maximum Gasteiger partial charge on any atom is 0.254 e. The summed E-state index contributed by atoms with van der Waals surface area (Å²) in [5, 5.41) is 1.94. The number of nitrogens with zero attached hydrogens (tertiary/aromatic N) is 1. The number of carbonyl (C=O) groups excluding carboxylic acids is 1. The first kappa shape index (κ1) is 17.1. The summed E-state index contributed by atoms with van der Waals surface area (Å²) in [5.41, 5.74) is 2.83. The van der Waals surface area contributed by atoms with E-state index in [1.807, 2.05) is 31.2 Å². The van der Waals surface area contributed by atoms with E-state index in [9.17, 15) is 9.18 Å². The van der Waals surface area contributed by atoms with Gasteiger partial charge in [-0.3, -0.25) is 4.79 Å². The van der Waals surface area contributed by atoms with E-state index in [4.69, 9.17) is 4.74 Å². The molecule has 0 saturated carbocycles. The zero-order valence-electron chi connectivity index (χ0n) is 14.2. The number of ether oxygens (including phenoxy) is 1. The van der Waals surface area contributed by atoms with Crippen LogP contribution in [0.3, 0.4) is 0 Å². The van der Waals surface area contributed by atoms with Crippen molar-refractivity contribution in [3.8, 4) is 0 Å². The molecule has 1 aromatic heterocycles. The lowest BCUT2D eigenvalue weighted by atomic mass is 9.96. The van der Waals surface area contributed by atoms with Crippen molar-refractivity contribution in [1.82, 2.24) is 4.90 Å². The number of rotatable bonds is 3. The van der Waals surface area contributed by atoms with Crippen LogP contribution >= 0.6 is 11.3 Å². The van der Waals surface area contributed by atoms with Gasteiger partial charge in [-0.15, -0.1) is 11.3 Å². The van der Waals surface area contributed by atoms with Gasteiger partial charge in [0, 0.05) is 30.0 Å². The maximum atomic E-state index is 13.1. The van der Waals surface area contributed by atoms with E-state index in [-0.39, 0.29) is 23.9 Å². The van der Waals surface area contributed by atoms with E-state index < -0.39 is 0 Å². The molecule has 2 aromatic rings. The minimum Gasteiger partial charge on any atom is -0.373 e. The molecule has 0 aliphatic carbocycles. The van der Waals surface area contributed by atoms with Crippen molar-refractivity contribution in [2.24, 2.45) is 0 Å². The summed E-state index contributed by atoms with van der Waals surface area (Å²) in [5.74, 6) is -0.177. The van der Waals surface area contributed by atoms with Crippen LogP contribution in [0, 0.1) is 19.7 Å². The molecule has 24 heavy (non-hydrogen) atoms. The van der Waals surface area contributed by atoms with Crippen LogP contribution in [0.4, 0.5) is 4.39 Å². The molecule has 0 radical (unpaired) electrons. The smallest absolute Gasteiger partial charge is 0.254 e. The van der Waals surface area contributed by atoms with Crippen LogP contribution in [0.15, 0.2) is 29.6 Å². The van der Waals surface area contributed by atoms with Gasteiger partial charge >= 0.3 is 0 Å². The first-order valence-corrected chi connectivity index (χ1v) is 9.04. The number of amides is 1. The SMILES string of the molecule is Cc1scc(C(=O)N(C)C2CCOC(c3ccc(F)cc3)C2)c1C. The number of hydrogen-bond donors (Lipinski definition) is 0. The van der Waals surface area contributed by atoms with Crippen LogP contribution < -0.4 is 0 Å². The highest BCUT2D eigenvalue weighted by Gasteiger charge is 2.30. The van der Waals surface area contributed by atoms with Crippen LogP contribution in [-0.2, 0) is 4.74 Å². The lowest BCUT2D eigenvalue weighted by Gasteiger charge is -2.35. The molecule has 1 aromatic carbocycles. The van der Waals surface area contributed by atoms with Crippen molar-refractivity contribution in [1.29, 1.82) is 0 Å². The Morgan fingerprint density at radius 1 is 1.29 bits per heavy atom. The van der Waals surface area contributed by atoms with Gasteiger partial charge in [0.1, 0.15) is 5.82 Å². The lowest BCUT2D eigenvalue weighted by Crippen LogP contribution is -2.41. The first-order chi connectivity index (χ1) is 11.5. The summed E-state index contributed by atoms with van der Waals surface area (Å²) < 4.78 is 18.9. The Bertz CT molecular complexity index is 725. The molecule has 2 atom stereocenters. The second-order valence-corrected chi connectivity index (χ2v) is 7.42. The molecule has 0 N–H and O–H groups in total. The van der Waals surface area contributed by atoms with Crippen molar-refractivity contribution in [3.05, 3.63) is 57.0 Å². The molecule has 1 amide bonds. The number of carbonyl (C=O) groups is 1. The van der Waals surface area contributed by atoms with Gasteiger partial charge < -0.3 is 9.64 Å². The number of aryl methyl sites for hydroxylation is 1. The van der Waals surface area contributed by atoms with Gasteiger partial charge in [-0.05, 0) is 49.9 Å². The predicted molar refractivity (Wildman–Crippen MR) is 94.0 cm³/mol.